The van der Waals surface area contributed by atoms with Gasteiger partial charge in [0.05, 0.1) is 6.04 Å². The number of aryl methyl sites for hydroxylation is 2. The van der Waals surface area contributed by atoms with Crippen molar-refractivity contribution >= 4 is 11.8 Å². The second-order valence-electron chi connectivity index (χ2n) is 4.85. The standard InChI is InChI=1S/C15H18N2S/c1-11-7-8-12(2)17(11)16-15-10-18-9-13-5-3-4-6-14(13)15/h3-8,15-16H,9-10H2,1-2H3. The molecule has 1 N–H and O–H groups in total. The summed E-state index contributed by atoms with van der Waals surface area (Å²) in [7, 11) is 0. The lowest BCUT2D eigenvalue weighted by molar-refractivity contribution is 0.697. The van der Waals surface area contributed by atoms with Gasteiger partial charge in [-0.15, -0.1) is 0 Å². The predicted octanol–water partition coefficient (Wildman–Crippen LogP) is 3.64. The van der Waals surface area contributed by atoms with Crippen LogP contribution in [0, 0.1) is 13.8 Å². The van der Waals surface area contributed by atoms with Gasteiger partial charge in [-0.05, 0) is 37.1 Å². The minimum Gasteiger partial charge on any atom is -0.318 e. The Hall–Kier alpha value is -1.35. The molecular formula is C15H18N2S. The van der Waals surface area contributed by atoms with Gasteiger partial charge in [-0.25, -0.2) is 0 Å². The highest BCUT2D eigenvalue weighted by atomic mass is 32.2. The third kappa shape index (κ3) is 2.03. The molecule has 2 aromatic rings. The average molecular weight is 258 g/mol. The SMILES string of the molecule is Cc1ccc(C)n1NC1CSCc2ccccc21. The molecule has 3 heteroatoms. The van der Waals surface area contributed by atoms with Crippen LogP contribution >= 0.6 is 11.8 Å². The highest BCUT2D eigenvalue weighted by Crippen LogP contribution is 2.32. The molecule has 94 valence electrons. The maximum Gasteiger partial charge on any atom is 0.0767 e. The number of nitrogens with one attached hydrogen (secondary N) is 1. The van der Waals surface area contributed by atoms with E-state index >= 15 is 0 Å². The van der Waals surface area contributed by atoms with Crippen LogP contribution in [0.25, 0.3) is 0 Å². The van der Waals surface area contributed by atoms with E-state index in [1.807, 2.05) is 11.8 Å². The molecule has 0 saturated carbocycles. The van der Waals surface area contributed by atoms with Crippen molar-refractivity contribution in [2.24, 2.45) is 0 Å². The zero-order chi connectivity index (χ0) is 12.5. The topological polar surface area (TPSA) is 17.0 Å². The van der Waals surface area contributed by atoms with Crippen LogP contribution in [-0.2, 0) is 5.75 Å². The Balaban J connectivity index is 1.91. The highest BCUT2D eigenvalue weighted by Gasteiger charge is 2.20. The Bertz CT molecular complexity index is 540. The molecular weight excluding hydrogens is 240 g/mol. The smallest absolute Gasteiger partial charge is 0.0767 e. The van der Waals surface area contributed by atoms with Crippen molar-refractivity contribution in [3.63, 3.8) is 0 Å². The molecule has 0 fully saturated rings. The first-order valence-electron chi connectivity index (χ1n) is 6.33. The molecule has 0 spiro atoms. The molecule has 1 aliphatic rings. The van der Waals surface area contributed by atoms with Crippen molar-refractivity contribution in [2.75, 3.05) is 11.2 Å². The van der Waals surface area contributed by atoms with Gasteiger partial charge in [-0.2, -0.15) is 11.8 Å². The first kappa shape index (κ1) is 11.7. The van der Waals surface area contributed by atoms with Crippen LogP contribution in [0.5, 0.6) is 0 Å². The molecule has 2 nitrogen and oxygen atoms in total. The first-order valence-corrected chi connectivity index (χ1v) is 7.48. The minimum atomic E-state index is 0.407. The molecule has 1 unspecified atom stereocenters. The fourth-order valence-corrected chi connectivity index (χ4v) is 3.61. The van der Waals surface area contributed by atoms with E-state index in [4.69, 9.17) is 0 Å². The van der Waals surface area contributed by atoms with Gasteiger partial charge in [-0.1, -0.05) is 24.3 Å². The van der Waals surface area contributed by atoms with Crippen LogP contribution in [-0.4, -0.2) is 10.4 Å². The molecule has 0 amide bonds. The lowest BCUT2D eigenvalue weighted by Crippen LogP contribution is -2.27. The number of thioether (sulfide) groups is 1. The Kier molecular flexibility index (Phi) is 3.08. The molecule has 0 saturated heterocycles. The fraction of sp³-hybridized carbons (Fsp3) is 0.333. The van der Waals surface area contributed by atoms with Crippen molar-refractivity contribution in [3.8, 4) is 0 Å². The molecule has 0 aliphatic carbocycles. The van der Waals surface area contributed by atoms with Crippen LogP contribution < -0.4 is 5.43 Å². The van der Waals surface area contributed by atoms with Crippen LogP contribution in [0.15, 0.2) is 36.4 Å². The van der Waals surface area contributed by atoms with Gasteiger partial charge in [-0.3, -0.25) is 4.68 Å². The summed E-state index contributed by atoms with van der Waals surface area (Å²) in [5, 5.41) is 0. The van der Waals surface area contributed by atoms with Crippen molar-refractivity contribution < 1.29 is 0 Å². The van der Waals surface area contributed by atoms with E-state index in [9.17, 15) is 0 Å². The number of rotatable bonds is 2. The van der Waals surface area contributed by atoms with Crippen LogP contribution in [0.1, 0.15) is 28.6 Å². The second-order valence-corrected chi connectivity index (χ2v) is 5.88. The lowest BCUT2D eigenvalue weighted by Gasteiger charge is -2.28. The summed E-state index contributed by atoms with van der Waals surface area (Å²) in [6.07, 6.45) is 0. The highest BCUT2D eigenvalue weighted by molar-refractivity contribution is 7.98. The number of hydrogen-bond acceptors (Lipinski definition) is 2. The number of fused-ring (bicyclic) bond motifs is 1. The Morgan fingerprint density at radius 2 is 1.83 bits per heavy atom. The van der Waals surface area contributed by atoms with Gasteiger partial charge < -0.3 is 5.43 Å². The third-order valence-electron chi connectivity index (χ3n) is 3.53. The Morgan fingerprint density at radius 1 is 1.11 bits per heavy atom. The van der Waals surface area contributed by atoms with E-state index in [2.05, 4.69) is 60.3 Å². The summed E-state index contributed by atoms with van der Waals surface area (Å²) in [6, 6.07) is 13.5. The zero-order valence-electron chi connectivity index (χ0n) is 10.8. The molecule has 2 heterocycles. The van der Waals surface area contributed by atoms with Crippen molar-refractivity contribution in [2.45, 2.75) is 25.6 Å². The number of hydrogen-bond donors (Lipinski definition) is 1. The molecule has 1 atom stereocenters. The van der Waals surface area contributed by atoms with Crippen molar-refractivity contribution in [1.29, 1.82) is 0 Å². The molecule has 1 aromatic carbocycles. The van der Waals surface area contributed by atoms with Gasteiger partial charge in [0.2, 0.25) is 0 Å². The number of nitrogens with zero attached hydrogens (tertiary/aromatic N) is 1. The molecule has 1 aromatic heterocycles. The number of benzene rings is 1. The van der Waals surface area contributed by atoms with Crippen molar-refractivity contribution in [1.82, 2.24) is 4.68 Å². The van der Waals surface area contributed by atoms with E-state index < -0.39 is 0 Å². The van der Waals surface area contributed by atoms with Gasteiger partial charge in [0, 0.05) is 22.9 Å². The summed E-state index contributed by atoms with van der Waals surface area (Å²) in [6.45, 7) is 4.28. The van der Waals surface area contributed by atoms with Crippen LogP contribution in [0.4, 0.5) is 0 Å². The lowest BCUT2D eigenvalue weighted by atomic mass is 10.0. The van der Waals surface area contributed by atoms with E-state index in [1.54, 1.807) is 0 Å². The van der Waals surface area contributed by atoms with E-state index in [1.165, 1.54) is 22.5 Å². The quantitative estimate of drug-likeness (QED) is 0.885. The van der Waals surface area contributed by atoms with Gasteiger partial charge in [0.1, 0.15) is 0 Å². The third-order valence-corrected chi connectivity index (χ3v) is 4.61. The summed E-state index contributed by atoms with van der Waals surface area (Å²) >= 11 is 2.00. The summed E-state index contributed by atoms with van der Waals surface area (Å²) in [4.78, 5) is 0. The van der Waals surface area contributed by atoms with Crippen molar-refractivity contribution in [3.05, 3.63) is 58.9 Å². The van der Waals surface area contributed by atoms with E-state index in [0.717, 1.165) is 11.5 Å². The number of aromatic nitrogens is 1. The largest absolute Gasteiger partial charge is 0.318 e. The maximum absolute atomic E-state index is 3.65. The minimum absolute atomic E-state index is 0.407. The first-order chi connectivity index (χ1) is 8.75. The summed E-state index contributed by atoms with van der Waals surface area (Å²) < 4.78 is 2.20. The Morgan fingerprint density at radius 3 is 2.61 bits per heavy atom. The molecule has 1 aliphatic heterocycles. The molecule has 0 bridgehead atoms. The monoisotopic (exact) mass is 258 g/mol. The summed E-state index contributed by atoms with van der Waals surface area (Å²) in [5.74, 6) is 2.27. The van der Waals surface area contributed by atoms with Crippen LogP contribution in [0.2, 0.25) is 0 Å². The molecule has 18 heavy (non-hydrogen) atoms. The maximum atomic E-state index is 3.65. The average Bonchev–Trinajstić information content (AvgIpc) is 2.71. The molecule has 3 rings (SSSR count). The summed E-state index contributed by atoms with van der Waals surface area (Å²) in [5.41, 5.74) is 9.09. The van der Waals surface area contributed by atoms with Gasteiger partial charge >= 0.3 is 0 Å². The molecule has 0 radical (unpaired) electrons. The Labute approximate surface area is 112 Å². The fourth-order valence-electron chi connectivity index (χ4n) is 2.52. The van der Waals surface area contributed by atoms with Gasteiger partial charge in [0.25, 0.3) is 0 Å². The van der Waals surface area contributed by atoms with Gasteiger partial charge in [0.15, 0.2) is 0 Å². The predicted molar refractivity (Wildman–Crippen MR) is 78.6 cm³/mol. The second kappa shape index (κ2) is 4.73. The zero-order valence-corrected chi connectivity index (χ0v) is 11.6. The normalized spacial score (nSPS) is 18.4. The van der Waals surface area contributed by atoms with E-state index in [-0.39, 0.29) is 0 Å². The van der Waals surface area contributed by atoms with Crippen LogP contribution in [0.3, 0.4) is 0 Å². The van der Waals surface area contributed by atoms with E-state index in [0.29, 0.717) is 6.04 Å².